The molecule has 1 atom stereocenters. The van der Waals surface area contributed by atoms with Crippen LogP contribution in [0.2, 0.25) is 0 Å². The normalized spacial score (nSPS) is 17.5. The fourth-order valence-electron chi connectivity index (χ4n) is 3.59. The summed E-state index contributed by atoms with van der Waals surface area (Å²) in [7, 11) is -1.38. The number of sulfone groups is 1. The topological polar surface area (TPSA) is 98.1 Å². The van der Waals surface area contributed by atoms with E-state index in [1.807, 2.05) is 47.9 Å². The number of amides is 1. The third kappa shape index (κ3) is 4.64. The highest BCUT2D eigenvalue weighted by atomic mass is 32.2. The molecule has 4 rings (SSSR count). The second-order valence-corrected chi connectivity index (χ2v) is 10.7. The highest BCUT2D eigenvalue weighted by molar-refractivity contribution is 7.99. The van der Waals surface area contributed by atoms with E-state index in [1.165, 1.54) is 11.8 Å². The second kappa shape index (κ2) is 8.80. The molecule has 2 aromatic heterocycles. The molecule has 1 fully saturated rings. The molecule has 0 bridgehead atoms. The summed E-state index contributed by atoms with van der Waals surface area (Å²) in [5.41, 5.74) is 2.80. The van der Waals surface area contributed by atoms with Crippen molar-refractivity contribution in [2.24, 2.45) is 0 Å². The third-order valence-electron chi connectivity index (χ3n) is 5.38. The molecule has 1 saturated heterocycles. The molecule has 1 aliphatic rings. The maximum atomic E-state index is 12.7. The zero-order valence-corrected chi connectivity index (χ0v) is 18.9. The summed E-state index contributed by atoms with van der Waals surface area (Å²) in [5.74, 6) is 0.828. The van der Waals surface area contributed by atoms with Crippen LogP contribution in [0.4, 0.5) is 0 Å². The molecule has 3 aromatic rings. The third-order valence-corrected chi connectivity index (χ3v) is 8.05. The standard InChI is InChI=1S/C21H23N5O3S2/c1-15-6-3-4-8-18(15)26-20(16-7-5-10-22-12-16)23-24-21(26)30-13-19(27)25(2)17-9-11-31(28,29)14-17/h3-8,10,12,17H,9,11,13-14H2,1-2H3/t17-/m1/s1. The minimum absolute atomic E-state index is 0.0322. The average molecular weight is 458 g/mol. The molecule has 31 heavy (non-hydrogen) atoms. The summed E-state index contributed by atoms with van der Waals surface area (Å²) in [4.78, 5) is 18.5. The van der Waals surface area contributed by atoms with Crippen LogP contribution >= 0.6 is 11.8 Å². The molecule has 0 unspecified atom stereocenters. The van der Waals surface area contributed by atoms with Gasteiger partial charge in [0, 0.05) is 31.0 Å². The number of hydrogen-bond acceptors (Lipinski definition) is 7. The van der Waals surface area contributed by atoms with E-state index in [0.29, 0.717) is 17.4 Å². The number of hydrogen-bond donors (Lipinski definition) is 0. The summed E-state index contributed by atoms with van der Waals surface area (Å²) in [6.07, 6.45) is 3.91. The maximum absolute atomic E-state index is 12.7. The lowest BCUT2D eigenvalue weighted by Crippen LogP contribution is -2.38. The van der Waals surface area contributed by atoms with E-state index in [9.17, 15) is 13.2 Å². The van der Waals surface area contributed by atoms with E-state index in [1.54, 1.807) is 24.3 Å². The van der Waals surface area contributed by atoms with Gasteiger partial charge in [-0.1, -0.05) is 30.0 Å². The highest BCUT2D eigenvalue weighted by Crippen LogP contribution is 2.29. The number of aromatic nitrogens is 4. The van der Waals surface area contributed by atoms with Gasteiger partial charge >= 0.3 is 0 Å². The molecular weight excluding hydrogens is 434 g/mol. The van der Waals surface area contributed by atoms with Crippen molar-refractivity contribution in [1.29, 1.82) is 0 Å². The van der Waals surface area contributed by atoms with Crippen LogP contribution in [0.15, 0.2) is 53.9 Å². The molecule has 162 valence electrons. The first-order chi connectivity index (χ1) is 14.9. The molecule has 3 heterocycles. The van der Waals surface area contributed by atoms with E-state index < -0.39 is 9.84 Å². The number of nitrogens with zero attached hydrogens (tertiary/aromatic N) is 5. The average Bonchev–Trinajstić information content (AvgIpc) is 3.35. The van der Waals surface area contributed by atoms with Crippen LogP contribution in [0, 0.1) is 6.92 Å². The van der Waals surface area contributed by atoms with Gasteiger partial charge in [-0.25, -0.2) is 8.42 Å². The summed E-state index contributed by atoms with van der Waals surface area (Å²) < 4.78 is 25.4. The van der Waals surface area contributed by atoms with Crippen molar-refractivity contribution in [1.82, 2.24) is 24.6 Å². The van der Waals surface area contributed by atoms with E-state index in [0.717, 1.165) is 16.8 Å². The Kier molecular flexibility index (Phi) is 6.10. The molecule has 1 amide bonds. The molecule has 0 saturated carbocycles. The van der Waals surface area contributed by atoms with Crippen molar-refractivity contribution in [3.05, 3.63) is 54.4 Å². The van der Waals surface area contributed by atoms with Crippen LogP contribution < -0.4 is 0 Å². The number of aryl methyl sites for hydroxylation is 1. The van der Waals surface area contributed by atoms with Crippen molar-refractivity contribution in [2.75, 3.05) is 24.3 Å². The largest absolute Gasteiger partial charge is 0.341 e. The van der Waals surface area contributed by atoms with E-state index in [2.05, 4.69) is 15.2 Å². The van der Waals surface area contributed by atoms with Gasteiger partial charge in [-0.3, -0.25) is 14.3 Å². The van der Waals surface area contributed by atoms with Gasteiger partial charge in [-0.15, -0.1) is 10.2 Å². The monoisotopic (exact) mass is 457 g/mol. The number of carbonyl (C=O) groups is 1. The molecule has 0 N–H and O–H groups in total. The Hall–Kier alpha value is -2.72. The first-order valence-corrected chi connectivity index (χ1v) is 12.7. The summed E-state index contributed by atoms with van der Waals surface area (Å²) in [6, 6.07) is 11.4. The minimum atomic E-state index is -3.05. The van der Waals surface area contributed by atoms with E-state index >= 15 is 0 Å². The Labute approximate surface area is 185 Å². The van der Waals surface area contributed by atoms with Gasteiger partial charge in [0.25, 0.3) is 0 Å². The molecule has 0 aliphatic carbocycles. The molecule has 1 aromatic carbocycles. The van der Waals surface area contributed by atoms with Crippen molar-refractivity contribution < 1.29 is 13.2 Å². The summed E-state index contributed by atoms with van der Waals surface area (Å²) in [6.45, 7) is 2.01. The second-order valence-electron chi connectivity index (χ2n) is 7.52. The van der Waals surface area contributed by atoms with Crippen LogP contribution in [-0.2, 0) is 14.6 Å². The van der Waals surface area contributed by atoms with Gasteiger partial charge in [0.05, 0.1) is 22.9 Å². The molecule has 0 spiro atoms. The zero-order chi connectivity index (χ0) is 22.0. The number of pyridine rings is 1. The van der Waals surface area contributed by atoms with Crippen LogP contribution in [0.25, 0.3) is 17.1 Å². The minimum Gasteiger partial charge on any atom is -0.341 e. The first kappa shape index (κ1) is 21.5. The predicted molar refractivity (Wildman–Crippen MR) is 120 cm³/mol. The molecule has 1 aliphatic heterocycles. The zero-order valence-electron chi connectivity index (χ0n) is 17.3. The smallest absolute Gasteiger partial charge is 0.233 e. The molecular formula is C21H23N5O3S2. The van der Waals surface area contributed by atoms with Gasteiger partial charge in [0.1, 0.15) is 0 Å². The number of carbonyl (C=O) groups excluding carboxylic acids is 1. The quantitative estimate of drug-likeness (QED) is 0.524. The van der Waals surface area contributed by atoms with Crippen molar-refractivity contribution >= 4 is 27.5 Å². The highest BCUT2D eigenvalue weighted by Gasteiger charge is 2.32. The SMILES string of the molecule is Cc1ccccc1-n1c(SCC(=O)N(C)[C@@H]2CCS(=O)(=O)C2)nnc1-c1cccnc1. The van der Waals surface area contributed by atoms with Gasteiger partial charge in [-0.05, 0) is 37.1 Å². The number of benzene rings is 1. The fraction of sp³-hybridized carbons (Fsp3) is 0.333. The van der Waals surface area contributed by atoms with Crippen molar-refractivity contribution in [2.45, 2.75) is 24.5 Å². The Balaban J connectivity index is 1.60. The van der Waals surface area contributed by atoms with Crippen LogP contribution in [0.1, 0.15) is 12.0 Å². The first-order valence-electron chi connectivity index (χ1n) is 9.86. The lowest BCUT2D eigenvalue weighted by molar-refractivity contribution is -0.128. The van der Waals surface area contributed by atoms with Gasteiger partial charge in [0.2, 0.25) is 5.91 Å². The molecule has 0 radical (unpaired) electrons. The van der Waals surface area contributed by atoms with Crippen LogP contribution in [0.3, 0.4) is 0 Å². The lowest BCUT2D eigenvalue weighted by Gasteiger charge is -2.23. The van der Waals surface area contributed by atoms with Crippen LogP contribution in [0.5, 0.6) is 0 Å². The number of thioether (sulfide) groups is 1. The Morgan fingerprint density at radius 2 is 2.03 bits per heavy atom. The fourth-order valence-corrected chi connectivity index (χ4v) is 6.23. The number of para-hydroxylation sites is 1. The number of rotatable bonds is 6. The Morgan fingerprint density at radius 3 is 2.71 bits per heavy atom. The van der Waals surface area contributed by atoms with E-state index in [-0.39, 0.29) is 29.2 Å². The van der Waals surface area contributed by atoms with Gasteiger partial charge in [-0.2, -0.15) is 0 Å². The Morgan fingerprint density at radius 1 is 1.23 bits per heavy atom. The van der Waals surface area contributed by atoms with Crippen molar-refractivity contribution in [3.8, 4) is 17.1 Å². The summed E-state index contributed by atoms with van der Waals surface area (Å²) in [5, 5.41) is 9.31. The lowest BCUT2D eigenvalue weighted by atomic mass is 10.2. The predicted octanol–water partition coefficient (Wildman–Crippen LogP) is 2.38. The van der Waals surface area contributed by atoms with Crippen LogP contribution in [-0.4, -0.2) is 69.3 Å². The molecule has 8 nitrogen and oxygen atoms in total. The summed E-state index contributed by atoms with van der Waals surface area (Å²) >= 11 is 1.29. The Bertz CT molecular complexity index is 1190. The van der Waals surface area contributed by atoms with Gasteiger partial charge < -0.3 is 4.90 Å². The van der Waals surface area contributed by atoms with Gasteiger partial charge in [0.15, 0.2) is 20.8 Å². The van der Waals surface area contributed by atoms with E-state index in [4.69, 9.17) is 0 Å². The van der Waals surface area contributed by atoms with Crippen molar-refractivity contribution in [3.63, 3.8) is 0 Å². The maximum Gasteiger partial charge on any atom is 0.233 e. The molecule has 10 heteroatoms.